The lowest BCUT2D eigenvalue weighted by Crippen LogP contribution is -2.20. The van der Waals surface area contributed by atoms with Crippen molar-refractivity contribution < 1.29 is 8.78 Å². The second-order valence-corrected chi connectivity index (χ2v) is 4.36. The van der Waals surface area contributed by atoms with Crippen molar-refractivity contribution in [1.82, 2.24) is 4.90 Å². The maximum Gasteiger partial charge on any atom is 0.127 e. The van der Waals surface area contributed by atoms with Crippen LogP contribution < -0.4 is 0 Å². The SMILES string of the molecule is CC1CCN(Cc2cc(F)ccc2F)C1. The molecule has 1 aromatic rings. The Morgan fingerprint density at radius 2 is 2.20 bits per heavy atom. The van der Waals surface area contributed by atoms with Crippen molar-refractivity contribution in [2.75, 3.05) is 13.1 Å². The number of hydrogen-bond acceptors (Lipinski definition) is 1. The highest BCUT2D eigenvalue weighted by atomic mass is 19.1. The molecule has 1 aromatic carbocycles. The molecule has 0 aromatic heterocycles. The summed E-state index contributed by atoms with van der Waals surface area (Å²) < 4.78 is 26.2. The maximum absolute atomic E-state index is 13.3. The molecule has 1 fully saturated rings. The van der Waals surface area contributed by atoms with Gasteiger partial charge in [-0.25, -0.2) is 8.78 Å². The molecule has 1 unspecified atom stereocenters. The van der Waals surface area contributed by atoms with Crippen LogP contribution in [-0.2, 0) is 6.54 Å². The van der Waals surface area contributed by atoms with Gasteiger partial charge in [0.2, 0.25) is 0 Å². The summed E-state index contributed by atoms with van der Waals surface area (Å²) in [5.41, 5.74) is 0.462. The van der Waals surface area contributed by atoms with E-state index in [4.69, 9.17) is 0 Å². The largest absolute Gasteiger partial charge is 0.299 e. The maximum atomic E-state index is 13.3. The summed E-state index contributed by atoms with van der Waals surface area (Å²) in [7, 11) is 0. The van der Waals surface area contributed by atoms with E-state index in [1.54, 1.807) is 0 Å². The van der Waals surface area contributed by atoms with Crippen LogP contribution in [-0.4, -0.2) is 18.0 Å². The molecule has 0 N–H and O–H groups in total. The van der Waals surface area contributed by atoms with E-state index in [-0.39, 0.29) is 11.6 Å². The molecule has 82 valence electrons. The number of benzene rings is 1. The summed E-state index contributed by atoms with van der Waals surface area (Å²) in [6, 6.07) is 3.65. The third-order valence-corrected chi connectivity index (χ3v) is 2.91. The quantitative estimate of drug-likeness (QED) is 0.727. The first-order valence-electron chi connectivity index (χ1n) is 5.31. The average Bonchev–Trinajstić information content (AvgIpc) is 2.58. The fourth-order valence-electron chi connectivity index (χ4n) is 2.08. The molecule has 1 aliphatic heterocycles. The van der Waals surface area contributed by atoms with Crippen LogP contribution in [0.2, 0.25) is 0 Å². The molecule has 0 amide bonds. The molecule has 1 atom stereocenters. The van der Waals surface area contributed by atoms with Gasteiger partial charge in [0.05, 0.1) is 0 Å². The van der Waals surface area contributed by atoms with Gasteiger partial charge in [-0.15, -0.1) is 0 Å². The van der Waals surface area contributed by atoms with Gasteiger partial charge < -0.3 is 0 Å². The molecular formula is C12H15F2N. The van der Waals surface area contributed by atoms with Crippen molar-refractivity contribution in [3.63, 3.8) is 0 Å². The molecule has 1 heterocycles. The van der Waals surface area contributed by atoms with Crippen LogP contribution in [0.5, 0.6) is 0 Å². The zero-order chi connectivity index (χ0) is 10.8. The van der Waals surface area contributed by atoms with Crippen LogP contribution in [0.3, 0.4) is 0 Å². The Bertz CT molecular complexity index is 351. The minimum absolute atomic E-state index is 0.309. The number of rotatable bonds is 2. The molecule has 0 aliphatic carbocycles. The summed E-state index contributed by atoms with van der Waals surface area (Å²) in [6.45, 7) is 4.67. The topological polar surface area (TPSA) is 3.24 Å². The van der Waals surface area contributed by atoms with E-state index in [0.717, 1.165) is 25.6 Å². The van der Waals surface area contributed by atoms with Crippen molar-refractivity contribution >= 4 is 0 Å². The number of hydrogen-bond donors (Lipinski definition) is 0. The van der Waals surface area contributed by atoms with E-state index in [9.17, 15) is 8.78 Å². The van der Waals surface area contributed by atoms with Gasteiger partial charge in [-0.3, -0.25) is 4.90 Å². The molecule has 1 aliphatic rings. The third kappa shape index (κ3) is 2.53. The second-order valence-electron chi connectivity index (χ2n) is 4.36. The summed E-state index contributed by atoms with van der Waals surface area (Å²) in [5.74, 6) is -0.00350. The average molecular weight is 211 g/mol. The summed E-state index contributed by atoms with van der Waals surface area (Å²) in [5, 5.41) is 0. The highest BCUT2D eigenvalue weighted by Crippen LogP contribution is 2.19. The fraction of sp³-hybridized carbons (Fsp3) is 0.500. The predicted molar refractivity (Wildman–Crippen MR) is 55.4 cm³/mol. The third-order valence-electron chi connectivity index (χ3n) is 2.91. The Labute approximate surface area is 88.7 Å². The first-order valence-corrected chi connectivity index (χ1v) is 5.31. The first-order chi connectivity index (χ1) is 7.15. The molecule has 0 radical (unpaired) electrons. The Morgan fingerprint density at radius 1 is 1.40 bits per heavy atom. The van der Waals surface area contributed by atoms with Crippen molar-refractivity contribution in [1.29, 1.82) is 0 Å². The minimum Gasteiger partial charge on any atom is -0.299 e. The highest BCUT2D eigenvalue weighted by Gasteiger charge is 2.19. The van der Waals surface area contributed by atoms with Crippen molar-refractivity contribution in [3.05, 3.63) is 35.4 Å². The number of halogens is 2. The smallest absolute Gasteiger partial charge is 0.127 e. The first kappa shape index (κ1) is 10.6. The van der Waals surface area contributed by atoms with E-state index >= 15 is 0 Å². The van der Waals surface area contributed by atoms with Gasteiger partial charge in [0, 0.05) is 18.7 Å². The van der Waals surface area contributed by atoms with E-state index in [0.29, 0.717) is 18.0 Å². The predicted octanol–water partition coefficient (Wildman–Crippen LogP) is 2.81. The molecule has 3 heteroatoms. The van der Waals surface area contributed by atoms with E-state index in [1.165, 1.54) is 12.1 Å². The van der Waals surface area contributed by atoms with Gasteiger partial charge in [0.25, 0.3) is 0 Å². The van der Waals surface area contributed by atoms with Gasteiger partial charge >= 0.3 is 0 Å². The van der Waals surface area contributed by atoms with Crippen LogP contribution in [0.25, 0.3) is 0 Å². The van der Waals surface area contributed by atoms with Crippen LogP contribution in [0, 0.1) is 17.6 Å². The van der Waals surface area contributed by atoms with Gasteiger partial charge in [0.1, 0.15) is 11.6 Å². The Morgan fingerprint density at radius 3 is 2.87 bits per heavy atom. The molecule has 15 heavy (non-hydrogen) atoms. The fourth-order valence-corrected chi connectivity index (χ4v) is 2.08. The molecular weight excluding hydrogens is 196 g/mol. The minimum atomic E-state index is -0.362. The van der Waals surface area contributed by atoms with Gasteiger partial charge in [-0.1, -0.05) is 6.92 Å². The molecule has 0 bridgehead atoms. The van der Waals surface area contributed by atoms with Crippen LogP contribution in [0.4, 0.5) is 8.78 Å². The van der Waals surface area contributed by atoms with E-state index in [1.807, 2.05) is 0 Å². The Kier molecular flexibility index (Phi) is 3.00. The Hall–Kier alpha value is -0.960. The summed E-state index contributed by atoms with van der Waals surface area (Å²) in [4.78, 5) is 2.17. The second kappa shape index (κ2) is 4.27. The van der Waals surface area contributed by atoms with Crippen LogP contribution >= 0.6 is 0 Å². The van der Waals surface area contributed by atoms with Crippen molar-refractivity contribution in [2.24, 2.45) is 5.92 Å². The van der Waals surface area contributed by atoms with E-state index in [2.05, 4.69) is 11.8 Å². The lowest BCUT2D eigenvalue weighted by molar-refractivity contribution is 0.314. The Balaban J connectivity index is 2.07. The summed E-state index contributed by atoms with van der Waals surface area (Å²) in [6.07, 6.45) is 1.15. The molecule has 0 spiro atoms. The zero-order valence-electron chi connectivity index (χ0n) is 8.84. The monoisotopic (exact) mass is 211 g/mol. The lowest BCUT2D eigenvalue weighted by Gasteiger charge is -2.15. The highest BCUT2D eigenvalue weighted by molar-refractivity contribution is 5.18. The van der Waals surface area contributed by atoms with Crippen molar-refractivity contribution in [3.8, 4) is 0 Å². The van der Waals surface area contributed by atoms with Gasteiger partial charge in [0.15, 0.2) is 0 Å². The zero-order valence-corrected chi connectivity index (χ0v) is 8.84. The van der Waals surface area contributed by atoms with Gasteiger partial charge in [-0.2, -0.15) is 0 Å². The molecule has 1 saturated heterocycles. The summed E-state index contributed by atoms with van der Waals surface area (Å²) >= 11 is 0. The van der Waals surface area contributed by atoms with Crippen LogP contribution in [0.15, 0.2) is 18.2 Å². The number of likely N-dealkylation sites (tertiary alicyclic amines) is 1. The van der Waals surface area contributed by atoms with Crippen molar-refractivity contribution in [2.45, 2.75) is 19.9 Å². The van der Waals surface area contributed by atoms with Crippen LogP contribution in [0.1, 0.15) is 18.9 Å². The molecule has 1 nitrogen and oxygen atoms in total. The molecule has 2 rings (SSSR count). The van der Waals surface area contributed by atoms with Gasteiger partial charge in [-0.05, 0) is 37.1 Å². The van der Waals surface area contributed by atoms with E-state index < -0.39 is 0 Å². The normalized spacial score (nSPS) is 22.2. The standard InChI is InChI=1S/C12H15F2N/c1-9-4-5-15(7-9)8-10-6-11(13)2-3-12(10)14/h2-3,6,9H,4-5,7-8H2,1H3. The molecule has 0 saturated carbocycles. The number of nitrogens with zero attached hydrogens (tertiary/aromatic N) is 1. The lowest BCUT2D eigenvalue weighted by atomic mass is 10.2.